The average Bonchev–Trinajstić information content (AvgIpc) is 2.70. The fourth-order valence-electron chi connectivity index (χ4n) is 1.91. The molecule has 1 fully saturated rings. The number of hydrogen-bond donors (Lipinski definition) is 1. The number of rotatable bonds is 2. The Morgan fingerprint density at radius 3 is 3.00 bits per heavy atom. The third kappa shape index (κ3) is 2.04. The molecule has 2 heterocycles. The van der Waals surface area contributed by atoms with Gasteiger partial charge in [0.2, 0.25) is 0 Å². The van der Waals surface area contributed by atoms with Crippen LogP contribution >= 0.6 is 0 Å². The Morgan fingerprint density at radius 1 is 1.60 bits per heavy atom. The molecule has 1 N–H and O–H groups in total. The zero-order valence-electron chi connectivity index (χ0n) is 8.72. The number of aldehydes is 1. The lowest BCUT2D eigenvalue weighted by atomic mass is 9.97. The molecule has 1 aliphatic rings. The highest BCUT2D eigenvalue weighted by molar-refractivity contribution is 5.71. The van der Waals surface area contributed by atoms with E-state index in [0.29, 0.717) is 12.0 Å². The minimum atomic E-state index is -0.221. The van der Waals surface area contributed by atoms with Crippen LogP contribution in [0, 0.1) is 5.92 Å². The summed E-state index contributed by atoms with van der Waals surface area (Å²) in [6.07, 6.45) is 1.23. The second-order valence-electron chi connectivity index (χ2n) is 4.07. The highest BCUT2D eigenvalue weighted by atomic mass is 16.4. The number of piperidine rings is 1. The van der Waals surface area contributed by atoms with Gasteiger partial charge in [0.25, 0.3) is 0 Å². The van der Waals surface area contributed by atoms with Gasteiger partial charge < -0.3 is 14.4 Å². The topological polar surface area (TPSA) is 53.7 Å². The van der Waals surface area contributed by atoms with Crippen molar-refractivity contribution < 1.29 is 14.3 Å². The summed E-state index contributed by atoms with van der Waals surface area (Å²) in [6, 6.07) is 3.46. The van der Waals surface area contributed by atoms with Crippen molar-refractivity contribution in [3.63, 3.8) is 0 Å². The van der Waals surface area contributed by atoms with Gasteiger partial charge in [-0.3, -0.25) is 4.79 Å². The molecule has 0 spiro atoms. The number of aliphatic hydroxyl groups excluding tert-OH is 1. The Bertz CT molecular complexity index is 347. The molecule has 0 aromatic carbocycles. The Balaban J connectivity index is 2.08. The van der Waals surface area contributed by atoms with E-state index in [1.165, 1.54) is 0 Å². The van der Waals surface area contributed by atoms with E-state index < -0.39 is 0 Å². The summed E-state index contributed by atoms with van der Waals surface area (Å²) in [6.45, 7) is 3.56. The largest absolute Gasteiger partial charge is 0.438 e. The van der Waals surface area contributed by atoms with E-state index in [-0.39, 0.29) is 12.0 Å². The molecule has 82 valence electrons. The van der Waals surface area contributed by atoms with Gasteiger partial charge >= 0.3 is 0 Å². The molecule has 0 radical (unpaired) electrons. The van der Waals surface area contributed by atoms with Crippen LogP contribution < -0.4 is 4.90 Å². The SMILES string of the molecule is CC1CN(c2ccc(C=O)o2)CCC1O. The smallest absolute Gasteiger partial charge is 0.196 e. The van der Waals surface area contributed by atoms with Crippen LogP contribution in [-0.4, -0.2) is 30.6 Å². The summed E-state index contributed by atoms with van der Waals surface area (Å²) in [5.41, 5.74) is 0. The van der Waals surface area contributed by atoms with E-state index in [1.54, 1.807) is 12.1 Å². The Labute approximate surface area is 88.5 Å². The zero-order chi connectivity index (χ0) is 10.8. The predicted octanol–water partition coefficient (Wildman–Crippen LogP) is 1.30. The molecule has 2 atom stereocenters. The van der Waals surface area contributed by atoms with Crippen molar-refractivity contribution in [1.29, 1.82) is 0 Å². The first-order valence-electron chi connectivity index (χ1n) is 5.18. The minimum Gasteiger partial charge on any atom is -0.438 e. The third-order valence-electron chi connectivity index (χ3n) is 2.90. The van der Waals surface area contributed by atoms with Crippen molar-refractivity contribution in [1.82, 2.24) is 0 Å². The lowest BCUT2D eigenvalue weighted by molar-refractivity contribution is 0.0955. The van der Waals surface area contributed by atoms with Crippen molar-refractivity contribution in [2.75, 3.05) is 18.0 Å². The van der Waals surface area contributed by atoms with Crippen LogP contribution in [0.15, 0.2) is 16.5 Å². The first-order valence-corrected chi connectivity index (χ1v) is 5.18. The molecule has 1 aromatic rings. The van der Waals surface area contributed by atoms with Gasteiger partial charge in [-0.25, -0.2) is 0 Å². The quantitative estimate of drug-likeness (QED) is 0.746. The fourth-order valence-corrected chi connectivity index (χ4v) is 1.91. The van der Waals surface area contributed by atoms with Gasteiger partial charge in [-0.15, -0.1) is 0 Å². The highest BCUT2D eigenvalue weighted by Gasteiger charge is 2.25. The van der Waals surface area contributed by atoms with Gasteiger partial charge in [0.15, 0.2) is 17.9 Å². The van der Waals surface area contributed by atoms with Gasteiger partial charge in [0.1, 0.15) is 0 Å². The molecule has 2 rings (SSSR count). The zero-order valence-corrected chi connectivity index (χ0v) is 8.72. The molecule has 1 saturated heterocycles. The maximum absolute atomic E-state index is 10.5. The van der Waals surface area contributed by atoms with E-state index >= 15 is 0 Å². The number of aliphatic hydroxyl groups is 1. The number of carbonyl (C=O) groups excluding carboxylic acids is 1. The van der Waals surface area contributed by atoms with Crippen LogP contribution in [-0.2, 0) is 0 Å². The first kappa shape index (κ1) is 10.2. The second kappa shape index (κ2) is 4.06. The van der Waals surface area contributed by atoms with Gasteiger partial charge in [-0.1, -0.05) is 6.92 Å². The molecule has 1 aromatic heterocycles. The Hall–Kier alpha value is -1.29. The molecular weight excluding hydrogens is 194 g/mol. The maximum Gasteiger partial charge on any atom is 0.196 e. The molecule has 0 amide bonds. The molecule has 4 heteroatoms. The predicted molar refractivity (Wildman–Crippen MR) is 56.1 cm³/mol. The van der Waals surface area contributed by atoms with Crippen molar-refractivity contribution in [3.8, 4) is 0 Å². The normalized spacial score (nSPS) is 26.7. The summed E-state index contributed by atoms with van der Waals surface area (Å²) in [5, 5.41) is 9.58. The van der Waals surface area contributed by atoms with E-state index in [0.717, 1.165) is 25.4 Å². The Kier molecular flexibility index (Phi) is 2.77. The summed E-state index contributed by atoms with van der Waals surface area (Å²) >= 11 is 0. The first-order chi connectivity index (χ1) is 7.20. The molecule has 2 unspecified atom stereocenters. The van der Waals surface area contributed by atoms with Crippen LogP contribution in [0.5, 0.6) is 0 Å². The maximum atomic E-state index is 10.5. The lowest BCUT2D eigenvalue weighted by Gasteiger charge is -2.34. The molecular formula is C11H15NO3. The number of furan rings is 1. The van der Waals surface area contributed by atoms with Gasteiger partial charge in [0, 0.05) is 19.2 Å². The van der Waals surface area contributed by atoms with E-state index in [1.807, 2.05) is 6.92 Å². The van der Waals surface area contributed by atoms with Crippen molar-refractivity contribution in [2.45, 2.75) is 19.4 Å². The van der Waals surface area contributed by atoms with Crippen LogP contribution in [0.25, 0.3) is 0 Å². The van der Waals surface area contributed by atoms with E-state index in [9.17, 15) is 9.90 Å². The van der Waals surface area contributed by atoms with Crippen molar-refractivity contribution >= 4 is 12.2 Å². The molecule has 15 heavy (non-hydrogen) atoms. The van der Waals surface area contributed by atoms with Crippen molar-refractivity contribution in [3.05, 3.63) is 17.9 Å². The number of nitrogens with zero attached hydrogens (tertiary/aromatic N) is 1. The summed E-state index contributed by atoms with van der Waals surface area (Å²) in [7, 11) is 0. The molecule has 1 aliphatic heterocycles. The van der Waals surface area contributed by atoms with Gasteiger partial charge in [-0.05, 0) is 18.4 Å². The van der Waals surface area contributed by atoms with Crippen LogP contribution in [0.1, 0.15) is 23.9 Å². The van der Waals surface area contributed by atoms with Crippen molar-refractivity contribution in [2.24, 2.45) is 5.92 Å². The monoisotopic (exact) mass is 209 g/mol. The third-order valence-corrected chi connectivity index (χ3v) is 2.90. The lowest BCUT2D eigenvalue weighted by Crippen LogP contribution is -2.41. The second-order valence-corrected chi connectivity index (χ2v) is 4.07. The summed E-state index contributed by atoms with van der Waals surface area (Å²) in [4.78, 5) is 12.5. The minimum absolute atomic E-state index is 0.221. The van der Waals surface area contributed by atoms with Crippen LogP contribution in [0.2, 0.25) is 0 Å². The van der Waals surface area contributed by atoms with E-state index in [4.69, 9.17) is 4.42 Å². The molecule has 0 bridgehead atoms. The molecule has 0 saturated carbocycles. The van der Waals surface area contributed by atoms with Gasteiger partial charge in [-0.2, -0.15) is 0 Å². The van der Waals surface area contributed by atoms with Crippen LogP contribution in [0.4, 0.5) is 5.88 Å². The highest BCUT2D eigenvalue weighted by Crippen LogP contribution is 2.24. The van der Waals surface area contributed by atoms with E-state index in [2.05, 4.69) is 4.90 Å². The number of carbonyl (C=O) groups is 1. The number of hydrogen-bond acceptors (Lipinski definition) is 4. The summed E-state index contributed by atoms with van der Waals surface area (Å²) < 4.78 is 5.33. The molecule has 4 nitrogen and oxygen atoms in total. The molecule has 0 aliphatic carbocycles. The standard InChI is InChI=1S/C11H15NO3/c1-8-6-12(5-4-10(8)14)11-3-2-9(7-13)15-11/h2-3,7-8,10,14H,4-6H2,1H3. The fraction of sp³-hybridized carbons (Fsp3) is 0.545. The number of anilines is 1. The average molecular weight is 209 g/mol. The van der Waals surface area contributed by atoms with Crippen LogP contribution in [0.3, 0.4) is 0 Å². The Morgan fingerprint density at radius 2 is 2.40 bits per heavy atom. The summed E-state index contributed by atoms with van der Waals surface area (Å²) in [5.74, 6) is 1.31. The van der Waals surface area contributed by atoms with Gasteiger partial charge in [0.05, 0.1) is 6.10 Å².